The van der Waals surface area contributed by atoms with Gasteiger partial charge < -0.3 is 4.18 Å². The molecule has 2 saturated carbocycles. The van der Waals surface area contributed by atoms with Gasteiger partial charge in [-0.1, -0.05) is 33.8 Å². The molecule has 0 bridgehead atoms. The molecule has 0 aliphatic heterocycles. The van der Waals surface area contributed by atoms with Crippen molar-refractivity contribution in [2.24, 2.45) is 28.6 Å². The van der Waals surface area contributed by atoms with Gasteiger partial charge in [-0.2, -0.15) is 8.42 Å². The number of benzene rings is 1. The average Bonchev–Trinajstić information content (AvgIpc) is 2.86. The second-order valence-electron chi connectivity index (χ2n) is 10.1. The van der Waals surface area contributed by atoms with Crippen LogP contribution in [0.15, 0.2) is 18.2 Å². The Morgan fingerprint density at radius 1 is 1.11 bits per heavy atom. The van der Waals surface area contributed by atoms with Crippen LogP contribution in [0, 0.1) is 28.6 Å². The summed E-state index contributed by atoms with van der Waals surface area (Å²) in [6, 6.07) is 5.96. The van der Waals surface area contributed by atoms with Crippen LogP contribution in [0.1, 0.15) is 76.8 Å². The summed E-state index contributed by atoms with van der Waals surface area (Å²) in [7, 11) is -3.47. The molecule has 0 amide bonds. The topological polar surface area (TPSA) is 43.4 Å². The molecule has 3 aliphatic carbocycles. The molecule has 0 spiro atoms. The number of hydrogen-bond donors (Lipinski definition) is 0. The maximum atomic E-state index is 11.5. The summed E-state index contributed by atoms with van der Waals surface area (Å²) in [6.07, 6.45) is 8.70. The lowest BCUT2D eigenvalue weighted by molar-refractivity contribution is -0.0417. The molecular formula is C23H34O3S. The van der Waals surface area contributed by atoms with Crippen molar-refractivity contribution in [2.45, 2.75) is 72.1 Å². The molecule has 0 heterocycles. The van der Waals surface area contributed by atoms with Crippen LogP contribution < -0.4 is 4.18 Å². The van der Waals surface area contributed by atoms with Gasteiger partial charge in [0.1, 0.15) is 5.75 Å². The third-order valence-electron chi connectivity index (χ3n) is 8.89. The van der Waals surface area contributed by atoms with Crippen LogP contribution in [0.4, 0.5) is 0 Å². The highest BCUT2D eigenvalue weighted by atomic mass is 32.2. The number of aryl methyl sites for hydroxylation is 1. The Morgan fingerprint density at radius 2 is 1.85 bits per heavy atom. The fraction of sp³-hybridized carbons (Fsp3) is 0.739. The van der Waals surface area contributed by atoms with Gasteiger partial charge in [0.05, 0.1) is 6.26 Å². The van der Waals surface area contributed by atoms with Gasteiger partial charge in [0.15, 0.2) is 0 Å². The maximum Gasteiger partial charge on any atom is 0.306 e. The highest BCUT2D eigenvalue weighted by molar-refractivity contribution is 7.86. The third kappa shape index (κ3) is 2.94. The van der Waals surface area contributed by atoms with E-state index in [1.54, 1.807) is 0 Å². The van der Waals surface area contributed by atoms with E-state index >= 15 is 0 Å². The van der Waals surface area contributed by atoms with Crippen LogP contribution in [0.2, 0.25) is 0 Å². The van der Waals surface area contributed by atoms with Crippen LogP contribution in [0.25, 0.3) is 0 Å². The minimum atomic E-state index is -3.47. The molecule has 0 aromatic heterocycles. The Kier molecular flexibility index (Phi) is 4.46. The molecule has 5 atom stereocenters. The summed E-state index contributed by atoms with van der Waals surface area (Å²) in [4.78, 5) is 0. The molecule has 0 saturated heterocycles. The fourth-order valence-corrected chi connectivity index (χ4v) is 7.49. The van der Waals surface area contributed by atoms with E-state index < -0.39 is 10.1 Å². The lowest BCUT2D eigenvalue weighted by Crippen LogP contribution is -2.47. The van der Waals surface area contributed by atoms with Crippen molar-refractivity contribution in [3.8, 4) is 5.75 Å². The fourth-order valence-electron chi connectivity index (χ4n) is 7.04. The van der Waals surface area contributed by atoms with Gasteiger partial charge in [-0.25, -0.2) is 0 Å². The summed E-state index contributed by atoms with van der Waals surface area (Å²) < 4.78 is 28.0. The summed E-state index contributed by atoms with van der Waals surface area (Å²) in [6.45, 7) is 9.96. The van der Waals surface area contributed by atoms with Crippen molar-refractivity contribution in [3.05, 3.63) is 29.3 Å². The van der Waals surface area contributed by atoms with E-state index in [-0.39, 0.29) is 0 Å². The van der Waals surface area contributed by atoms with Gasteiger partial charge in [-0.05, 0) is 96.3 Å². The molecule has 1 aromatic carbocycles. The zero-order chi connectivity index (χ0) is 19.6. The number of hydrogen-bond acceptors (Lipinski definition) is 3. The van der Waals surface area contributed by atoms with Crippen LogP contribution in [-0.2, 0) is 16.5 Å². The van der Waals surface area contributed by atoms with Gasteiger partial charge in [0, 0.05) is 0 Å². The van der Waals surface area contributed by atoms with Gasteiger partial charge >= 0.3 is 10.1 Å². The molecule has 0 unspecified atom stereocenters. The Balaban J connectivity index is 1.64. The van der Waals surface area contributed by atoms with E-state index in [2.05, 4.69) is 33.8 Å². The molecule has 27 heavy (non-hydrogen) atoms. The maximum absolute atomic E-state index is 11.5. The average molecular weight is 391 g/mol. The molecule has 2 fully saturated rings. The van der Waals surface area contributed by atoms with Crippen molar-refractivity contribution in [1.82, 2.24) is 0 Å². The van der Waals surface area contributed by atoms with Crippen molar-refractivity contribution >= 4 is 10.1 Å². The smallest absolute Gasteiger partial charge is 0.306 e. The van der Waals surface area contributed by atoms with Gasteiger partial charge in [0.2, 0.25) is 0 Å². The molecule has 1 aromatic rings. The van der Waals surface area contributed by atoms with Gasteiger partial charge in [-0.3, -0.25) is 0 Å². The van der Waals surface area contributed by atoms with Crippen molar-refractivity contribution in [1.29, 1.82) is 0 Å². The standard InChI is InChI=1S/C23H34O3S/c1-15(2)22(3)13-11-21-20-8-6-16-14-17(26-27(5,24)25)7-9-18(16)19(20)10-12-23(21,22)4/h7,9,14-15,19-21H,6,8,10-13H2,1-5H3/t19-,20-,21+,22-,23+/m1/s1. The molecule has 0 radical (unpaired) electrons. The highest BCUT2D eigenvalue weighted by Crippen LogP contribution is 2.69. The van der Waals surface area contributed by atoms with Crippen molar-refractivity contribution < 1.29 is 12.6 Å². The summed E-state index contributed by atoms with van der Waals surface area (Å²) in [5.74, 6) is 3.43. The predicted molar refractivity (Wildman–Crippen MR) is 109 cm³/mol. The van der Waals surface area contributed by atoms with Crippen LogP contribution in [0.3, 0.4) is 0 Å². The second-order valence-corrected chi connectivity index (χ2v) is 11.7. The van der Waals surface area contributed by atoms with Crippen molar-refractivity contribution in [2.75, 3.05) is 6.26 Å². The number of fused-ring (bicyclic) bond motifs is 5. The van der Waals surface area contributed by atoms with E-state index in [9.17, 15) is 8.42 Å². The molecule has 0 N–H and O–H groups in total. The summed E-state index contributed by atoms with van der Waals surface area (Å²) in [5.41, 5.74) is 3.66. The third-order valence-corrected chi connectivity index (χ3v) is 9.38. The summed E-state index contributed by atoms with van der Waals surface area (Å²) in [5, 5.41) is 0. The predicted octanol–water partition coefficient (Wildman–Crippen LogP) is 5.54. The second kappa shape index (κ2) is 6.23. The van der Waals surface area contributed by atoms with E-state index in [1.165, 1.54) is 43.2 Å². The SMILES string of the molecule is CC(C)[C@@]1(C)CC[C@H]2[C@@H]3CCc4cc(OS(C)(=O)=O)ccc4[C@H]3CC[C@@]21C. The monoisotopic (exact) mass is 390 g/mol. The van der Waals surface area contributed by atoms with E-state index in [0.717, 1.165) is 30.4 Å². The largest absolute Gasteiger partial charge is 0.383 e. The van der Waals surface area contributed by atoms with Gasteiger partial charge in [0.25, 0.3) is 0 Å². The molecule has 3 nitrogen and oxygen atoms in total. The van der Waals surface area contributed by atoms with Crippen LogP contribution in [0.5, 0.6) is 5.75 Å². The molecular weight excluding hydrogens is 356 g/mol. The Hall–Kier alpha value is -1.03. The van der Waals surface area contributed by atoms with E-state index in [4.69, 9.17) is 4.18 Å². The van der Waals surface area contributed by atoms with Gasteiger partial charge in [-0.15, -0.1) is 0 Å². The van der Waals surface area contributed by atoms with E-state index in [1.807, 2.05) is 12.1 Å². The Morgan fingerprint density at radius 3 is 2.52 bits per heavy atom. The molecule has 4 heteroatoms. The first-order chi connectivity index (χ1) is 12.6. The number of rotatable bonds is 3. The highest BCUT2D eigenvalue weighted by Gasteiger charge is 2.60. The first kappa shape index (κ1) is 19.3. The van der Waals surface area contributed by atoms with E-state index in [0.29, 0.717) is 22.5 Å². The Bertz CT molecular complexity index is 843. The van der Waals surface area contributed by atoms with Crippen molar-refractivity contribution in [3.63, 3.8) is 0 Å². The minimum Gasteiger partial charge on any atom is -0.383 e. The minimum absolute atomic E-state index is 0.454. The summed E-state index contributed by atoms with van der Waals surface area (Å²) >= 11 is 0. The molecule has 150 valence electrons. The Labute approximate surface area is 165 Å². The normalized spacial score (nSPS) is 38.2. The zero-order valence-corrected chi connectivity index (χ0v) is 18.2. The van der Waals surface area contributed by atoms with Crippen LogP contribution in [-0.4, -0.2) is 14.7 Å². The first-order valence-corrected chi connectivity index (χ1v) is 12.4. The quantitative estimate of drug-likeness (QED) is 0.636. The first-order valence-electron chi connectivity index (χ1n) is 10.6. The zero-order valence-electron chi connectivity index (χ0n) is 17.4. The van der Waals surface area contributed by atoms with Crippen LogP contribution >= 0.6 is 0 Å². The lowest BCUT2D eigenvalue weighted by Gasteiger charge is -2.55. The lowest BCUT2D eigenvalue weighted by atomic mass is 9.49. The molecule has 4 rings (SSSR count). The molecule has 3 aliphatic rings.